The molecule has 7 heteroatoms. The van der Waals surface area contributed by atoms with E-state index in [0.717, 1.165) is 51.8 Å². The maximum atomic E-state index is 5.42. The van der Waals surface area contributed by atoms with Crippen molar-refractivity contribution >= 4 is 47.0 Å². The van der Waals surface area contributed by atoms with Crippen molar-refractivity contribution in [3.63, 3.8) is 0 Å². The smallest absolute Gasteiger partial charge is 0.193 e. The zero-order valence-electron chi connectivity index (χ0n) is 16.1. The van der Waals surface area contributed by atoms with Gasteiger partial charge in [0.1, 0.15) is 0 Å². The third kappa shape index (κ3) is 6.65. The highest BCUT2D eigenvalue weighted by Crippen LogP contribution is 2.16. The summed E-state index contributed by atoms with van der Waals surface area (Å²) >= 11 is 1.81. The van der Waals surface area contributed by atoms with Gasteiger partial charge in [-0.1, -0.05) is 18.2 Å². The predicted molar refractivity (Wildman–Crippen MR) is 126 cm³/mol. The van der Waals surface area contributed by atoms with Crippen LogP contribution in [0.4, 0.5) is 5.69 Å². The van der Waals surface area contributed by atoms with E-state index in [1.165, 1.54) is 16.1 Å². The number of nitrogens with zero attached hydrogens (tertiary/aromatic N) is 3. The van der Waals surface area contributed by atoms with E-state index in [4.69, 9.17) is 4.74 Å². The molecule has 148 valence electrons. The number of hydrogen-bond acceptors (Lipinski definition) is 4. The third-order valence-corrected chi connectivity index (χ3v) is 5.55. The number of benzene rings is 1. The Kier molecular flexibility index (Phi) is 9.36. The summed E-state index contributed by atoms with van der Waals surface area (Å²) in [6.45, 7) is 5.31. The Hall–Kier alpha value is -1.32. The van der Waals surface area contributed by atoms with Gasteiger partial charge in [-0.2, -0.15) is 0 Å². The molecule has 1 N–H and O–H groups in total. The molecule has 1 aromatic carbocycles. The van der Waals surface area contributed by atoms with Gasteiger partial charge in [0.2, 0.25) is 0 Å². The van der Waals surface area contributed by atoms with Gasteiger partial charge in [0.15, 0.2) is 5.96 Å². The molecule has 2 aromatic rings. The third-order valence-electron chi connectivity index (χ3n) is 4.61. The van der Waals surface area contributed by atoms with Crippen LogP contribution >= 0.6 is 35.3 Å². The molecular formula is C20H29IN4OS. The Morgan fingerprint density at radius 1 is 1.22 bits per heavy atom. The van der Waals surface area contributed by atoms with Crippen LogP contribution in [0.25, 0.3) is 0 Å². The number of ether oxygens (including phenoxy) is 1. The zero-order chi connectivity index (χ0) is 18.2. The van der Waals surface area contributed by atoms with Crippen LogP contribution < -0.4 is 10.2 Å². The van der Waals surface area contributed by atoms with Gasteiger partial charge in [-0.05, 0) is 35.6 Å². The van der Waals surface area contributed by atoms with Crippen molar-refractivity contribution in [2.75, 3.05) is 51.8 Å². The Bertz CT molecular complexity index is 685. The summed E-state index contributed by atoms with van der Waals surface area (Å²) < 4.78 is 5.42. The van der Waals surface area contributed by atoms with Crippen molar-refractivity contribution in [2.24, 2.45) is 4.99 Å². The molecule has 0 unspecified atom stereocenters. The average Bonchev–Trinajstić information content (AvgIpc) is 3.22. The van der Waals surface area contributed by atoms with E-state index in [1.54, 1.807) is 0 Å². The topological polar surface area (TPSA) is 40.1 Å². The number of likely N-dealkylation sites (N-methyl/N-ethyl adjacent to an activating group) is 1. The molecule has 0 atom stereocenters. The van der Waals surface area contributed by atoms with Crippen LogP contribution in [0, 0.1) is 0 Å². The average molecular weight is 500 g/mol. The highest BCUT2D eigenvalue weighted by molar-refractivity contribution is 14.0. The first-order valence-electron chi connectivity index (χ1n) is 9.12. The summed E-state index contributed by atoms with van der Waals surface area (Å²) in [6.07, 6.45) is 1.04. The lowest BCUT2D eigenvalue weighted by molar-refractivity contribution is 0.122. The van der Waals surface area contributed by atoms with Crippen LogP contribution in [0.5, 0.6) is 0 Å². The number of nitrogens with one attached hydrogen (secondary N) is 1. The van der Waals surface area contributed by atoms with Gasteiger partial charge in [-0.3, -0.25) is 4.99 Å². The lowest BCUT2D eigenvalue weighted by atomic mass is 10.2. The first kappa shape index (κ1) is 22.0. The molecule has 1 aromatic heterocycles. The van der Waals surface area contributed by atoms with Crippen molar-refractivity contribution in [3.8, 4) is 0 Å². The normalized spacial score (nSPS) is 14.6. The summed E-state index contributed by atoms with van der Waals surface area (Å²) in [5.41, 5.74) is 2.53. The molecule has 0 bridgehead atoms. The van der Waals surface area contributed by atoms with Crippen LogP contribution in [0.15, 0.2) is 46.8 Å². The SMILES string of the molecule is CN=C(NCc1ccc(N2CCOCC2)cc1)N(C)CCc1cccs1.I. The molecule has 0 aliphatic carbocycles. The van der Waals surface area contributed by atoms with Crippen molar-refractivity contribution in [2.45, 2.75) is 13.0 Å². The van der Waals surface area contributed by atoms with E-state index in [-0.39, 0.29) is 24.0 Å². The van der Waals surface area contributed by atoms with Crippen molar-refractivity contribution in [1.82, 2.24) is 10.2 Å². The fraction of sp³-hybridized carbons (Fsp3) is 0.450. The largest absolute Gasteiger partial charge is 0.378 e. The lowest BCUT2D eigenvalue weighted by Gasteiger charge is -2.29. The second kappa shape index (κ2) is 11.5. The Balaban J connectivity index is 0.00000261. The van der Waals surface area contributed by atoms with Crippen molar-refractivity contribution in [3.05, 3.63) is 52.2 Å². The minimum atomic E-state index is 0. The summed E-state index contributed by atoms with van der Waals surface area (Å²) in [4.78, 5) is 10.4. The molecule has 2 heterocycles. The highest BCUT2D eigenvalue weighted by atomic mass is 127. The molecule has 0 radical (unpaired) electrons. The van der Waals surface area contributed by atoms with Gasteiger partial charge in [-0.15, -0.1) is 35.3 Å². The van der Waals surface area contributed by atoms with Crippen LogP contribution in [0.3, 0.4) is 0 Å². The maximum Gasteiger partial charge on any atom is 0.193 e. The molecule has 0 spiro atoms. The van der Waals surface area contributed by atoms with Crippen molar-refractivity contribution < 1.29 is 4.74 Å². The summed E-state index contributed by atoms with van der Waals surface area (Å²) in [7, 11) is 3.93. The van der Waals surface area contributed by atoms with Gasteiger partial charge in [0.25, 0.3) is 0 Å². The Morgan fingerprint density at radius 2 is 1.96 bits per heavy atom. The summed E-state index contributed by atoms with van der Waals surface area (Å²) in [5.74, 6) is 0.929. The molecule has 0 amide bonds. The van der Waals surface area contributed by atoms with Gasteiger partial charge >= 0.3 is 0 Å². The van der Waals surface area contributed by atoms with Gasteiger partial charge in [0.05, 0.1) is 13.2 Å². The monoisotopic (exact) mass is 500 g/mol. The standard InChI is InChI=1S/C20H28N4OS.HI/c1-21-20(23(2)10-9-19-4-3-15-26-19)22-16-17-5-7-18(8-6-17)24-11-13-25-14-12-24;/h3-8,15H,9-14,16H2,1-2H3,(H,21,22);1H. The van der Waals surface area contributed by atoms with Crippen molar-refractivity contribution in [1.29, 1.82) is 0 Å². The molecule has 1 fully saturated rings. The Morgan fingerprint density at radius 3 is 2.59 bits per heavy atom. The fourth-order valence-electron chi connectivity index (χ4n) is 3.05. The van der Waals surface area contributed by atoms with E-state index < -0.39 is 0 Å². The molecule has 0 saturated carbocycles. The van der Waals surface area contributed by atoms with Gasteiger partial charge in [0, 0.05) is 50.8 Å². The molecule has 1 saturated heterocycles. The summed E-state index contributed by atoms with van der Waals surface area (Å²) in [5, 5.41) is 5.59. The number of anilines is 1. The van der Waals surface area contributed by atoms with E-state index in [9.17, 15) is 0 Å². The van der Waals surface area contributed by atoms with E-state index >= 15 is 0 Å². The summed E-state index contributed by atoms with van der Waals surface area (Å²) in [6, 6.07) is 13.1. The lowest BCUT2D eigenvalue weighted by Crippen LogP contribution is -2.39. The van der Waals surface area contributed by atoms with Crippen LogP contribution in [-0.4, -0.2) is 57.8 Å². The second-order valence-electron chi connectivity index (χ2n) is 6.42. The second-order valence-corrected chi connectivity index (χ2v) is 7.45. The molecule has 1 aliphatic heterocycles. The number of hydrogen-bond donors (Lipinski definition) is 1. The van der Waals surface area contributed by atoms with Gasteiger partial charge < -0.3 is 19.9 Å². The minimum Gasteiger partial charge on any atom is -0.378 e. The molecule has 1 aliphatic rings. The Labute approximate surface area is 183 Å². The maximum absolute atomic E-state index is 5.42. The number of rotatable bonds is 6. The number of morpholine rings is 1. The highest BCUT2D eigenvalue weighted by Gasteiger charge is 2.11. The van der Waals surface area contributed by atoms with Crippen LogP contribution in [0.2, 0.25) is 0 Å². The fourth-order valence-corrected chi connectivity index (χ4v) is 3.75. The van der Waals surface area contributed by atoms with Crippen LogP contribution in [0.1, 0.15) is 10.4 Å². The minimum absolute atomic E-state index is 0. The molecule has 3 rings (SSSR count). The number of thiophene rings is 1. The van der Waals surface area contributed by atoms with Gasteiger partial charge in [-0.25, -0.2) is 0 Å². The first-order valence-corrected chi connectivity index (χ1v) is 10.00. The number of guanidine groups is 1. The van der Waals surface area contributed by atoms with E-state index in [1.807, 2.05) is 18.4 Å². The first-order chi connectivity index (χ1) is 12.8. The zero-order valence-corrected chi connectivity index (χ0v) is 19.2. The van der Waals surface area contributed by atoms with E-state index in [0.29, 0.717) is 0 Å². The molecular weight excluding hydrogens is 471 g/mol. The molecule has 27 heavy (non-hydrogen) atoms. The number of aliphatic imine (C=N–C) groups is 1. The van der Waals surface area contributed by atoms with E-state index in [2.05, 4.69) is 68.9 Å². The number of halogens is 1. The van der Waals surface area contributed by atoms with Crippen LogP contribution in [-0.2, 0) is 17.7 Å². The predicted octanol–water partition coefficient (Wildman–Crippen LogP) is 3.45. The quantitative estimate of drug-likeness (QED) is 0.375. The molecule has 5 nitrogen and oxygen atoms in total.